The smallest absolute Gasteiger partial charge is 0.308 e. The van der Waals surface area contributed by atoms with Crippen molar-refractivity contribution in [2.45, 2.75) is 51.0 Å². The lowest BCUT2D eigenvalue weighted by molar-refractivity contribution is -0.159. The van der Waals surface area contributed by atoms with Crippen molar-refractivity contribution in [3.63, 3.8) is 0 Å². The molecule has 0 bridgehead atoms. The number of ether oxygens (including phenoxy) is 1. The van der Waals surface area contributed by atoms with E-state index in [4.69, 9.17) is 9.84 Å². The zero-order valence-corrected chi connectivity index (χ0v) is 14.6. The van der Waals surface area contributed by atoms with Crippen LogP contribution >= 0.6 is 0 Å². The average Bonchev–Trinajstić information content (AvgIpc) is 3.04. The van der Waals surface area contributed by atoms with Crippen LogP contribution in [0, 0.1) is 5.92 Å². The molecule has 0 aromatic carbocycles. The zero-order valence-electron chi connectivity index (χ0n) is 14.6. The van der Waals surface area contributed by atoms with Crippen LogP contribution in [0.1, 0.15) is 45.4 Å². The maximum absolute atomic E-state index is 12.8. The molecule has 1 atom stereocenters. The molecule has 136 valence electrons. The van der Waals surface area contributed by atoms with E-state index in [2.05, 4.69) is 0 Å². The lowest BCUT2D eigenvalue weighted by Crippen LogP contribution is -2.52. The van der Waals surface area contributed by atoms with E-state index >= 15 is 0 Å². The summed E-state index contributed by atoms with van der Waals surface area (Å²) in [5, 5.41) is 9.13. The second-order valence-electron chi connectivity index (χ2n) is 6.81. The minimum absolute atomic E-state index is 0.0278. The summed E-state index contributed by atoms with van der Waals surface area (Å²) >= 11 is 0. The monoisotopic (exact) mass is 340 g/mol. The maximum atomic E-state index is 12.8. The highest BCUT2D eigenvalue weighted by Gasteiger charge is 2.44. The van der Waals surface area contributed by atoms with E-state index in [1.54, 1.807) is 11.9 Å². The molecule has 0 aromatic heterocycles. The largest absolute Gasteiger partial charge is 0.481 e. The Morgan fingerprint density at radius 3 is 2.50 bits per heavy atom. The predicted molar refractivity (Wildman–Crippen MR) is 87.4 cm³/mol. The Labute approximate surface area is 142 Å². The van der Waals surface area contributed by atoms with Gasteiger partial charge in [-0.3, -0.25) is 14.4 Å². The number of piperidine rings is 1. The normalized spacial score (nSPS) is 23.1. The molecule has 1 N–H and O–H groups in total. The van der Waals surface area contributed by atoms with Crippen LogP contribution in [-0.4, -0.2) is 71.6 Å². The molecule has 24 heavy (non-hydrogen) atoms. The Bertz CT molecular complexity index is 487. The summed E-state index contributed by atoms with van der Waals surface area (Å²) in [4.78, 5) is 39.4. The van der Waals surface area contributed by atoms with Crippen molar-refractivity contribution in [1.82, 2.24) is 9.80 Å². The first-order valence-electron chi connectivity index (χ1n) is 8.79. The van der Waals surface area contributed by atoms with E-state index in [-0.39, 0.29) is 24.9 Å². The number of carbonyl (C=O) groups excluding carboxylic acids is 2. The molecular weight excluding hydrogens is 312 g/mol. The predicted octanol–water partition coefficient (Wildman–Crippen LogP) is 1.12. The minimum atomic E-state index is -0.863. The lowest BCUT2D eigenvalue weighted by atomic mass is 9.98. The number of carboxylic acids is 1. The first-order chi connectivity index (χ1) is 11.4. The molecule has 1 heterocycles. The van der Waals surface area contributed by atoms with Crippen LogP contribution in [0.25, 0.3) is 0 Å². The van der Waals surface area contributed by atoms with Gasteiger partial charge in [-0.05, 0) is 45.4 Å². The van der Waals surface area contributed by atoms with Crippen LogP contribution in [0.5, 0.6) is 0 Å². The molecule has 0 spiro atoms. The van der Waals surface area contributed by atoms with Crippen LogP contribution in [0.3, 0.4) is 0 Å². The van der Waals surface area contributed by atoms with Crippen molar-refractivity contribution in [3.8, 4) is 0 Å². The quantitative estimate of drug-likeness (QED) is 0.783. The van der Waals surface area contributed by atoms with Gasteiger partial charge in [0.05, 0.1) is 12.5 Å². The molecule has 2 fully saturated rings. The van der Waals surface area contributed by atoms with Gasteiger partial charge < -0.3 is 19.6 Å². The maximum Gasteiger partial charge on any atom is 0.308 e. The molecule has 7 nitrogen and oxygen atoms in total. The number of likely N-dealkylation sites (tertiary alicyclic amines) is 1. The fraction of sp³-hybridized carbons (Fsp3) is 0.824. The van der Waals surface area contributed by atoms with E-state index in [1.807, 2.05) is 6.92 Å². The van der Waals surface area contributed by atoms with E-state index < -0.39 is 17.5 Å². The zero-order chi connectivity index (χ0) is 17.7. The molecule has 1 aliphatic carbocycles. The average molecular weight is 340 g/mol. The van der Waals surface area contributed by atoms with Gasteiger partial charge in [-0.1, -0.05) is 0 Å². The van der Waals surface area contributed by atoms with E-state index in [0.717, 1.165) is 12.8 Å². The Morgan fingerprint density at radius 1 is 1.25 bits per heavy atom. The van der Waals surface area contributed by atoms with Gasteiger partial charge in [-0.15, -0.1) is 0 Å². The Kier molecular flexibility index (Phi) is 6.21. The molecule has 2 amide bonds. The van der Waals surface area contributed by atoms with E-state index in [0.29, 0.717) is 38.8 Å². The molecular formula is C17H28N2O5. The molecule has 1 unspecified atom stereocenters. The fourth-order valence-electron chi connectivity index (χ4n) is 3.77. The minimum Gasteiger partial charge on any atom is -0.481 e. The highest BCUT2D eigenvalue weighted by atomic mass is 16.5. The highest BCUT2D eigenvalue weighted by Crippen LogP contribution is 2.34. The van der Waals surface area contributed by atoms with Crippen molar-refractivity contribution >= 4 is 17.8 Å². The van der Waals surface area contributed by atoms with Gasteiger partial charge in [0.25, 0.3) is 5.91 Å². The highest BCUT2D eigenvalue weighted by molar-refractivity contribution is 5.90. The summed E-state index contributed by atoms with van der Waals surface area (Å²) in [7, 11) is 1.62. The van der Waals surface area contributed by atoms with Crippen molar-refractivity contribution in [3.05, 3.63) is 0 Å². The van der Waals surface area contributed by atoms with Gasteiger partial charge in [0.15, 0.2) is 0 Å². The van der Waals surface area contributed by atoms with Gasteiger partial charge in [-0.25, -0.2) is 0 Å². The molecule has 1 saturated heterocycles. The van der Waals surface area contributed by atoms with Crippen LogP contribution in [0.15, 0.2) is 0 Å². The molecule has 1 saturated carbocycles. The number of hydrogen-bond donors (Lipinski definition) is 1. The number of rotatable bonds is 6. The Morgan fingerprint density at radius 2 is 1.92 bits per heavy atom. The Balaban J connectivity index is 1.95. The molecule has 2 rings (SSSR count). The van der Waals surface area contributed by atoms with Gasteiger partial charge in [-0.2, -0.15) is 0 Å². The van der Waals surface area contributed by atoms with Crippen molar-refractivity contribution in [1.29, 1.82) is 0 Å². The van der Waals surface area contributed by atoms with Gasteiger partial charge in [0, 0.05) is 26.7 Å². The summed E-state index contributed by atoms with van der Waals surface area (Å²) in [5.41, 5.74) is -0.782. The molecule has 7 heteroatoms. The molecule has 0 radical (unpaired) electrons. The van der Waals surface area contributed by atoms with Crippen LogP contribution in [0.2, 0.25) is 0 Å². The number of carboxylic acid groups (broad SMARTS) is 1. The fourth-order valence-corrected chi connectivity index (χ4v) is 3.77. The van der Waals surface area contributed by atoms with Crippen molar-refractivity contribution in [2.75, 3.05) is 33.3 Å². The summed E-state index contributed by atoms with van der Waals surface area (Å²) in [5.74, 6) is -1.70. The van der Waals surface area contributed by atoms with Gasteiger partial charge in [0.1, 0.15) is 5.60 Å². The van der Waals surface area contributed by atoms with Crippen LogP contribution < -0.4 is 0 Å². The van der Waals surface area contributed by atoms with Crippen molar-refractivity contribution in [2.24, 2.45) is 5.92 Å². The van der Waals surface area contributed by atoms with Crippen LogP contribution in [0.4, 0.5) is 0 Å². The third kappa shape index (κ3) is 4.06. The summed E-state index contributed by atoms with van der Waals surface area (Å²) in [6.45, 7) is 3.10. The second-order valence-corrected chi connectivity index (χ2v) is 6.81. The third-order valence-electron chi connectivity index (χ3n) is 5.06. The third-order valence-corrected chi connectivity index (χ3v) is 5.06. The standard InChI is InChI=1S/C17H28N2O5/c1-3-24-17(8-4-5-9-17)16(23)18(2)12-14(20)19-10-6-7-13(11-19)15(21)22/h13H,3-12H2,1-2H3,(H,21,22). The molecule has 0 aromatic rings. The molecule has 2 aliphatic rings. The summed E-state index contributed by atoms with van der Waals surface area (Å²) in [6.07, 6.45) is 4.59. The van der Waals surface area contributed by atoms with Crippen LogP contribution in [-0.2, 0) is 19.1 Å². The summed E-state index contributed by atoms with van der Waals surface area (Å²) < 4.78 is 5.76. The molecule has 1 aliphatic heterocycles. The number of nitrogens with zero attached hydrogens (tertiary/aromatic N) is 2. The SMILES string of the molecule is CCOC1(C(=O)N(C)CC(=O)N2CCCC(C(=O)O)C2)CCCC1. The number of likely N-dealkylation sites (N-methyl/N-ethyl adjacent to an activating group) is 1. The first-order valence-corrected chi connectivity index (χ1v) is 8.79. The Hall–Kier alpha value is -1.63. The van der Waals surface area contributed by atoms with E-state index in [1.165, 1.54) is 4.90 Å². The topological polar surface area (TPSA) is 87.2 Å². The first kappa shape index (κ1) is 18.7. The lowest BCUT2D eigenvalue weighted by Gasteiger charge is -2.35. The van der Waals surface area contributed by atoms with Gasteiger partial charge >= 0.3 is 5.97 Å². The van der Waals surface area contributed by atoms with E-state index in [9.17, 15) is 14.4 Å². The number of aliphatic carboxylic acids is 1. The summed E-state index contributed by atoms with van der Waals surface area (Å²) in [6, 6.07) is 0. The van der Waals surface area contributed by atoms with Gasteiger partial charge in [0.2, 0.25) is 5.91 Å². The number of amides is 2. The number of carbonyl (C=O) groups is 3. The van der Waals surface area contributed by atoms with Crippen molar-refractivity contribution < 1.29 is 24.2 Å². The number of hydrogen-bond acceptors (Lipinski definition) is 4. The second kappa shape index (κ2) is 7.96.